The number of pyridine rings is 1. The zero-order valence-electron chi connectivity index (χ0n) is 21.3. The number of fused-ring (bicyclic) bond motifs is 1. The molecule has 41 heavy (non-hydrogen) atoms. The molecule has 0 bridgehead atoms. The highest BCUT2D eigenvalue weighted by Gasteiger charge is 2.34. The number of nitro groups is 1. The van der Waals surface area contributed by atoms with Crippen molar-refractivity contribution in [3.8, 4) is 11.5 Å². The third kappa shape index (κ3) is 5.82. The van der Waals surface area contributed by atoms with E-state index >= 15 is 4.39 Å². The maximum atomic E-state index is 15.1. The molecule has 214 valence electrons. The number of anilines is 1. The van der Waals surface area contributed by atoms with Crippen LogP contribution in [0.3, 0.4) is 0 Å². The molecule has 0 atom stereocenters. The molecule has 0 unspecified atom stereocenters. The number of hydrogen-bond acceptors (Lipinski definition) is 10. The minimum Gasteiger partial charge on any atom is -0.453 e. The third-order valence-electron chi connectivity index (χ3n) is 6.29. The Kier molecular flexibility index (Phi) is 7.57. The van der Waals surface area contributed by atoms with Gasteiger partial charge in [-0.05, 0) is 36.4 Å². The molecule has 1 amide bonds. The van der Waals surface area contributed by atoms with Gasteiger partial charge in [0.15, 0.2) is 11.4 Å². The fraction of sp³-hybridized carbons (Fsp3) is 0.231. The van der Waals surface area contributed by atoms with Crippen LogP contribution in [0.1, 0.15) is 10.4 Å². The zero-order valence-corrected chi connectivity index (χ0v) is 22.1. The first-order valence-corrected chi connectivity index (χ1v) is 13.7. The van der Waals surface area contributed by atoms with Crippen LogP contribution in [-0.4, -0.2) is 67.9 Å². The number of nitrogens with two attached hydrogens (primary N) is 1. The second kappa shape index (κ2) is 11.1. The number of hydrogen-bond donors (Lipinski definition) is 3. The third-order valence-corrected chi connectivity index (χ3v) is 8.07. The SMILES string of the molecule is NC(=O)c1cccc(S(=O)(=O)c2ccc(NCC3(F)COCCOC3)c([N+](=O)[O-])c2)c1Oc1cnc2[nH]ccc2c1. The van der Waals surface area contributed by atoms with Crippen LogP contribution in [0.5, 0.6) is 11.5 Å². The Morgan fingerprint density at radius 1 is 1.20 bits per heavy atom. The quantitative estimate of drug-likeness (QED) is 0.194. The lowest BCUT2D eigenvalue weighted by atomic mass is 10.1. The Hall–Kier alpha value is -4.60. The lowest BCUT2D eigenvalue weighted by molar-refractivity contribution is -0.384. The van der Waals surface area contributed by atoms with Gasteiger partial charge in [-0.2, -0.15) is 0 Å². The Bertz CT molecular complexity index is 1730. The first-order valence-electron chi connectivity index (χ1n) is 12.2. The number of para-hydroxylation sites is 1. The number of nitrogens with one attached hydrogen (secondary N) is 2. The summed E-state index contributed by atoms with van der Waals surface area (Å²) in [6.07, 6.45) is 2.99. The number of aromatic nitrogens is 2. The van der Waals surface area contributed by atoms with Gasteiger partial charge in [-0.25, -0.2) is 17.8 Å². The molecular weight excluding hydrogens is 561 g/mol. The Morgan fingerprint density at radius 2 is 1.95 bits per heavy atom. The number of nitrogens with zero attached hydrogens (tertiary/aromatic N) is 2. The van der Waals surface area contributed by atoms with Crippen molar-refractivity contribution in [1.29, 1.82) is 0 Å². The Morgan fingerprint density at radius 3 is 2.66 bits per heavy atom. The van der Waals surface area contributed by atoms with Crippen LogP contribution in [0.2, 0.25) is 0 Å². The monoisotopic (exact) mass is 585 g/mol. The summed E-state index contributed by atoms with van der Waals surface area (Å²) in [5.41, 5.74) is 3.18. The Balaban J connectivity index is 1.51. The highest BCUT2D eigenvalue weighted by atomic mass is 32.2. The van der Waals surface area contributed by atoms with Crippen LogP contribution in [0.4, 0.5) is 15.8 Å². The number of amides is 1. The van der Waals surface area contributed by atoms with E-state index in [0.717, 1.165) is 18.2 Å². The van der Waals surface area contributed by atoms with Gasteiger partial charge in [-0.1, -0.05) is 6.07 Å². The minimum absolute atomic E-state index is 0.108. The average molecular weight is 586 g/mol. The summed E-state index contributed by atoms with van der Waals surface area (Å²) in [5.74, 6) is -1.20. The number of H-pyrrole nitrogens is 1. The smallest absolute Gasteiger partial charge is 0.293 e. The van der Waals surface area contributed by atoms with Gasteiger partial charge in [0.2, 0.25) is 9.84 Å². The molecule has 0 aliphatic carbocycles. The van der Waals surface area contributed by atoms with Crippen molar-refractivity contribution in [3.63, 3.8) is 0 Å². The number of sulfone groups is 1. The van der Waals surface area contributed by atoms with Crippen LogP contribution in [0, 0.1) is 10.1 Å². The topological polar surface area (TPSA) is 189 Å². The second-order valence-electron chi connectivity index (χ2n) is 9.23. The highest BCUT2D eigenvalue weighted by Crippen LogP contribution is 2.38. The first kappa shape index (κ1) is 27.9. The van der Waals surface area contributed by atoms with Crippen LogP contribution in [0.25, 0.3) is 11.0 Å². The molecule has 0 spiro atoms. The van der Waals surface area contributed by atoms with Gasteiger partial charge in [-0.3, -0.25) is 14.9 Å². The summed E-state index contributed by atoms with van der Waals surface area (Å²) in [6.45, 7) is -0.480. The molecule has 1 aliphatic heterocycles. The van der Waals surface area contributed by atoms with Crippen LogP contribution in [0.15, 0.2) is 70.7 Å². The van der Waals surface area contributed by atoms with Gasteiger partial charge in [0, 0.05) is 17.6 Å². The maximum Gasteiger partial charge on any atom is 0.293 e. The van der Waals surface area contributed by atoms with Crippen LogP contribution < -0.4 is 15.8 Å². The molecule has 3 heterocycles. The summed E-state index contributed by atoms with van der Waals surface area (Å²) in [6, 6.07) is 10.2. The predicted molar refractivity (Wildman–Crippen MR) is 144 cm³/mol. The number of rotatable bonds is 9. The van der Waals surface area contributed by atoms with E-state index in [1.165, 1.54) is 24.4 Å². The molecular formula is C26H24FN5O8S. The van der Waals surface area contributed by atoms with Crippen molar-refractivity contribution in [2.24, 2.45) is 5.73 Å². The van der Waals surface area contributed by atoms with Crippen molar-refractivity contribution >= 4 is 38.2 Å². The van der Waals surface area contributed by atoms with E-state index in [0.29, 0.717) is 11.0 Å². The van der Waals surface area contributed by atoms with E-state index in [4.69, 9.17) is 19.9 Å². The molecule has 4 aromatic rings. The number of nitro benzene ring substituents is 1. The van der Waals surface area contributed by atoms with Gasteiger partial charge in [0.25, 0.3) is 11.6 Å². The number of halogens is 1. The number of primary amides is 1. The number of ether oxygens (including phenoxy) is 3. The van der Waals surface area contributed by atoms with Crippen molar-refractivity contribution in [1.82, 2.24) is 9.97 Å². The number of aromatic amines is 1. The van der Waals surface area contributed by atoms with Gasteiger partial charge in [-0.15, -0.1) is 0 Å². The largest absolute Gasteiger partial charge is 0.453 e. The zero-order chi connectivity index (χ0) is 29.2. The van der Waals surface area contributed by atoms with Gasteiger partial charge in [0.05, 0.1) is 54.6 Å². The van der Waals surface area contributed by atoms with Gasteiger partial charge in [0.1, 0.15) is 22.0 Å². The lowest BCUT2D eigenvalue weighted by Gasteiger charge is -2.23. The summed E-state index contributed by atoms with van der Waals surface area (Å²) in [5, 5.41) is 15.2. The molecule has 15 heteroatoms. The fourth-order valence-corrected chi connectivity index (χ4v) is 5.67. The molecule has 1 fully saturated rings. The van der Waals surface area contributed by atoms with Crippen molar-refractivity contribution in [3.05, 3.63) is 76.6 Å². The number of carbonyl (C=O) groups is 1. The molecule has 1 aliphatic rings. The molecule has 2 aromatic carbocycles. The van der Waals surface area contributed by atoms with E-state index in [-0.39, 0.29) is 55.7 Å². The summed E-state index contributed by atoms with van der Waals surface area (Å²) in [4.78, 5) is 29.5. The molecule has 0 saturated carbocycles. The first-order chi connectivity index (χ1) is 19.6. The Labute approximate surface area is 232 Å². The molecule has 2 aromatic heterocycles. The molecule has 4 N–H and O–H groups in total. The summed E-state index contributed by atoms with van der Waals surface area (Å²) in [7, 11) is -4.51. The van der Waals surface area contributed by atoms with E-state index in [1.807, 2.05) is 0 Å². The average Bonchev–Trinajstić information content (AvgIpc) is 3.30. The molecule has 0 radical (unpaired) electrons. The van der Waals surface area contributed by atoms with E-state index in [9.17, 15) is 23.3 Å². The van der Waals surface area contributed by atoms with E-state index in [1.54, 1.807) is 18.3 Å². The molecule has 5 rings (SSSR count). The number of carbonyl (C=O) groups excluding carboxylic acids is 1. The van der Waals surface area contributed by atoms with Gasteiger partial charge < -0.3 is 30.2 Å². The minimum atomic E-state index is -4.51. The van der Waals surface area contributed by atoms with Crippen molar-refractivity contribution in [2.45, 2.75) is 15.5 Å². The maximum absolute atomic E-state index is 15.1. The second-order valence-corrected chi connectivity index (χ2v) is 11.2. The number of benzene rings is 2. The lowest BCUT2D eigenvalue weighted by Crippen LogP contribution is -2.40. The summed E-state index contributed by atoms with van der Waals surface area (Å²) < 4.78 is 58.9. The summed E-state index contributed by atoms with van der Waals surface area (Å²) >= 11 is 0. The normalized spacial score (nSPS) is 15.2. The van der Waals surface area contributed by atoms with Gasteiger partial charge >= 0.3 is 0 Å². The molecule has 1 saturated heterocycles. The number of alkyl halides is 1. The van der Waals surface area contributed by atoms with E-state index in [2.05, 4.69) is 15.3 Å². The van der Waals surface area contributed by atoms with E-state index < -0.39 is 41.8 Å². The van der Waals surface area contributed by atoms with Crippen LogP contribution in [-0.2, 0) is 19.3 Å². The van der Waals surface area contributed by atoms with Crippen LogP contribution >= 0.6 is 0 Å². The highest BCUT2D eigenvalue weighted by molar-refractivity contribution is 7.91. The predicted octanol–water partition coefficient (Wildman–Crippen LogP) is 3.36. The standard InChI is InChI=1S/C26H24FN5O8S/c27-26(14-38-8-9-39-15-26)13-31-20-5-4-18(11-21(20)32(34)35)41(36,37)22-3-1-2-19(24(28)33)23(22)40-17-10-16-6-7-29-25(16)30-12-17/h1-7,10-12,31H,8-9,13-15H2,(H2,28,33)(H,29,30). The van der Waals surface area contributed by atoms with Crippen molar-refractivity contribution in [2.75, 3.05) is 38.3 Å². The fourth-order valence-electron chi connectivity index (χ4n) is 4.25. The molecule has 13 nitrogen and oxygen atoms in total. The van der Waals surface area contributed by atoms with Crippen molar-refractivity contribution < 1.29 is 36.7 Å².